The van der Waals surface area contributed by atoms with E-state index < -0.39 is 0 Å². The number of halogens is 1. The van der Waals surface area contributed by atoms with Crippen molar-refractivity contribution in [1.82, 2.24) is 9.55 Å². The molecule has 1 atom stereocenters. The average Bonchev–Trinajstić information content (AvgIpc) is 2.66. The number of fused-ring (bicyclic) bond motifs is 1. The van der Waals surface area contributed by atoms with E-state index in [-0.39, 0.29) is 5.38 Å². The van der Waals surface area contributed by atoms with Crippen LogP contribution in [-0.2, 0) is 6.54 Å². The molecule has 102 valence electrons. The fourth-order valence-corrected chi connectivity index (χ4v) is 3.05. The second-order valence-corrected chi connectivity index (χ2v) is 6.47. The van der Waals surface area contributed by atoms with E-state index in [1.54, 1.807) is 0 Å². The molecule has 3 rings (SSSR count). The number of imidazole rings is 1. The molecule has 1 saturated carbocycles. The molecule has 0 bridgehead atoms. The molecule has 1 aliphatic carbocycles. The van der Waals surface area contributed by atoms with E-state index >= 15 is 0 Å². The van der Waals surface area contributed by atoms with E-state index in [9.17, 15) is 0 Å². The number of rotatable bonds is 4. The number of benzene rings is 1. The third kappa shape index (κ3) is 2.51. The first-order valence-electron chi connectivity index (χ1n) is 7.26. The summed E-state index contributed by atoms with van der Waals surface area (Å²) in [6, 6.07) is 6.45. The lowest BCUT2D eigenvalue weighted by molar-refractivity contribution is 0.282. The van der Waals surface area contributed by atoms with E-state index in [1.807, 2.05) is 6.92 Å². The van der Waals surface area contributed by atoms with Crippen molar-refractivity contribution in [3.63, 3.8) is 0 Å². The lowest BCUT2D eigenvalue weighted by Gasteiger charge is -2.25. The van der Waals surface area contributed by atoms with Gasteiger partial charge in [-0.1, -0.05) is 25.3 Å². The molecule has 2 nitrogen and oxygen atoms in total. The molecular weight excluding hydrogens is 256 g/mol. The number of aryl methyl sites for hydroxylation is 2. The van der Waals surface area contributed by atoms with Crippen LogP contribution in [0.1, 0.15) is 49.4 Å². The Kier molecular flexibility index (Phi) is 3.53. The van der Waals surface area contributed by atoms with Crippen LogP contribution in [0.2, 0.25) is 0 Å². The summed E-state index contributed by atoms with van der Waals surface area (Å²) in [5.74, 6) is 1.93. The van der Waals surface area contributed by atoms with Crippen LogP contribution in [0.15, 0.2) is 18.2 Å². The van der Waals surface area contributed by atoms with Crippen LogP contribution in [0.3, 0.4) is 0 Å². The Bertz CT molecular complexity index is 582. The maximum atomic E-state index is 6.30. The first kappa shape index (κ1) is 13.0. The van der Waals surface area contributed by atoms with Crippen LogP contribution >= 0.6 is 11.6 Å². The smallest absolute Gasteiger partial charge is 0.127 e. The van der Waals surface area contributed by atoms with Gasteiger partial charge in [0.2, 0.25) is 0 Å². The summed E-state index contributed by atoms with van der Waals surface area (Å²) in [7, 11) is 0. The zero-order valence-corrected chi connectivity index (χ0v) is 12.5. The van der Waals surface area contributed by atoms with Gasteiger partial charge in [-0.15, -0.1) is 11.6 Å². The van der Waals surface area contributed by atoms with Gasteiger partial charge in [0.05, 0.1) is 16.4 Å². The molecular formula is C16H21ClN2. The van der Waals surface area contributed by atoms with Gasteiger partial charge in [-0.2, -0.15) is 0 Å². The highest BCUT2D eigenvalue weighted by atomic mass is 35.5. The van der Waals surface area contributed by atoms with Crippen molar-refractivity contribution in [3.05, 3.63) is 29.6 Å². The summed E-state index contributed by atoms with van der Waals surface area (Å²) >= 11 is 6.30. The molecule has 1 unspecified atom stereocenters. The minimum Gasteiger partial charge on any atom is -0.327 e. The van der Waals surface area contributed by atoms with Crippen molar-refractivity contribution in [2.45, 2.75) is 51.5 Å². The summed E-state index contributed by atoms with van der Waals surface area (Å²) in [5, 5.41) is -0.0332. The molecule has 2 aromatic rings. The first-order chi connectivity index (χ1) is 9.15. The lowest BCUT2D eigenvalue weighted by Crippen LogP contribution is -2.15. The molecule has 0 saturated heterocycles. The zero-order valence-electron chi connectivity index (χ0n) is 11.7. The summed E-state index contributed by atoms with van der Waals surface area (Å²) in [6.45, 7) is 5.19. The van der Waals surface area contributed by atoms with E-state index in [1.165, 1.54) is 36.8 Å². The van der Waals surface area contributed by atoms with Gasteiger partial charge in [-0.3, -0.25) is 0 Å². The molecule has 0 N–H and O–H groups in total. The molecule has 19 heavy (non-hydrogen) atoms. The van der Waals surface area contributed by atoms with Gasteiger partial charge >= 0.3 is 0 Å². The number of alkyl halides is 1. The molecule has 1 aromatic carbocycles. The molecule has 0 amide bonds. The summed E-state index contributed by atoms with van der Waals surface area (Å²) < 4.78 is 2.33. The Balaban J connectivity index is 1.96. The van der Waals surface area contributed by atoms with Crippen molar-refractivity contribution in [2.75, 3.05) is 0 Å². The Morgan fingerprint density at radius 1 is 1.42 bits per heavy atom. The average molecular weight is 277 g/mol. The van der Waals surface area contributed by atoms with Gasteiger partial charge in [-0.25, -0.2) is 4.98 Å². The number of aromatic nitrogens is 2. The van der Waals surface area contributed by atoms with Crippen LogP contribution in [0.5, 0.6) is 0 Å². The normalized spacial score (nSPS) is 17.6. The third-order valence-electron chi connectivity index (χ3n) is 4.27. The Hall–Kier alpha value is -1.02. The van der Waals surface area contributed by atoms with Crippen molar-refractivity contribution in [1.29, 1.82) is 0 Å². The Morgan fingerprint density at radius 3 is 2.84 bits per heavy atom. The molecule has 1 aromatic heterocycles. The van der Waals surface area contributed by atoms with Crippen LogP contribution in [-0.4, -0.2) is 9.55 Å². The quantitative estimate of drug-likeness (QED) is 0.731. The van der Waals surface area contributed by atoms with Gasteiger partial charge in [0.15, 0.2) is 0 Å². The minimum atomic E-state index is -0.0332. The third-order valence-corrected chi connectivity index (χ3v) is 4.47. The first-order valence-corrected chi connectivity index (χ1v) is 7.69. The number of nitrogens with zero attached hydrogens (tertiary/aromatic N) is 2. The molecule has 1 heterocycles. The second kappa shape index (κ2) is 5.16. The van der Waals surface area contributed by atoms with Gasteiger partial charge in [0.1, 0.15) is 5.82 Å². The van der Waals surface area contributed by atoms with Gasteiger partial charge in [0.25, 0.3) is 0 Å². The Labute approximate surface area is 119 Å². The second-order valence-electron chi connectivity index (χ2n) is 5.82. The molecule has 0 radical (unpaired) electrons. The molecule has 3 heteroatoms. The van der Waals surface area contributed by atoms with Crippen LogP contribution < -0.4 is 0 Å². The predicted molar refractivity (Wildman–Crippen MR) is 80.7 cm³/mol. The Morgan fingerprint density at radius 2 is 2.21 bits per heavy atom. The van der Waals surface area contributed by atoms with Crippen molar-refractivity contribution in [2.24, 2.45) is 5.92 Å². The van der Waals surface area contributed by atoms with E-state index in [4.69, 9.17) is 16.6 Å². The zero-order chi connectivity index (χ0) is 13.4. The van der Waals surface area contributed by atoms with Crippen LogP contribution in [0.4, 0.5) is 0 Å². The highest BCUT2D eigenvalue weighted by Crippen LogP contribution is 2.32. The molecule has 1 fully saturated rings. The van der Waals surface area contributed by atoms with Gasteiger partial charge < -0.3 is 4.57 Å². The largest absolute Gasteiger partial charge is 0.327 e. The summed E-state index contributed by atoms with van der Waals surface area (Å²) in [6.07, 6.45) is 5.47. The van der Waals surface area contributed by atoms with E-state index in [0.717, 1.165) is 23.8 Å². The fraction of sp³-hybridized carbons (Fsp3) is 0.562. The monoisotopic (exact) mass is 276 g/mol. The summed E-state index contributed by atoms with van der Waals surface area (Å²) in [4.78, 5) is 4.71. The maximum absolute atomic E-state index is 6.30. The fourth-order valence-electron chi connectivity index (χ4n) is 2.88. The van der Waals surface area contributed by atoms with E-state index in [0.29, 0.717) is 0 Å². The van der Waals surface area contributed by atoms with Crippen LogP contribution in [0.25, 0.3) is 11.0 Å². The van der Waals surface area contributed by atoms with Crippen LogP contribution in [0, 0.1) is 12.8 Å². The molecule has 0 spiro atoms. The SMILES string of the molecule is Cc1ccc2nc(C(C)Cl)n(CCC3CCC3)c2c1. The minimum absolute atomic E-state index is 0.0332. The van der Waals surface area contributed by atoms with Crippen molar-refractivity contribution >= 4 is 22.6 Å². The van der Waals surface area contributed by atoms with Gasteiger partial charge in [0, 0.05) is 6.54 Å². The number of hydrogen-bond acceptors (Lipinski definition) is 1. The van der Waals surface area contributed by atoms with Crippen molar-refractivity contribution in [3.8, 4) is 0 Å². The molecule has 0 aliphatic heterocycles. The van der Waals surface area contributed by atoms with E-state index in [2.05, 4.69) is 29.7 Å². The predicted octanol–water partition coefficient (Wildman–Crippen LogP) is 4.83. The topological polar surface area (TPSA) is 17.8 Å². The standard InChI is InChI=1S/C16H21ClN2/c1-11-6-7-14-15(10-11)19(16(18-14)12(2)17)9-8-13-4-3-5-13/h6-7,10,12-13H,3-5,8-9H2,1-2H3. The summed E-state index contributed by atoms with van der Waals surface area (Å²) in [5.41, 5.74) is 3.59. The van der Waals surface area contributed by atoms with Gasteiger partial charge in [-0.05, 0) is 43.9 Å². The maximum Gasteiger partial charge on any atom is 0.127 e. The van der Waals surface area contributed by atoms with Crippen molar-refractivity contribution < 1.29 is 0 Å². The number of hydrogen-bond donors (Lipinski definition) is 0. The lowest BCUT2D eigenvalue weighted by atomic mass is 9.83. The highest BCUT2D eigenvalue weighted by molar-refractivity contribution is 6.20. The molecule has 1 aliphatic rings. The highest BCUT2D eigenvalue weighted by Gasteiger charge is 2.20.